The van der Waals surface area contributed by atoms with E-state index in [4.69, 9.17) is 34.2 Å². The molecule has 1 aromatic rings. The van der Waals surface area contributed by atoms with Crippen LogP contribution >= 0.6 is 12.2 Å². The second-order valence-corrected chi connectivity index (χ2v) is 7.75. The quantitative estimate of drug-likeness (QED) is 0.222. The molecule has 0 saturated heterocycles. The zero-order valence-corrected chi connectivity index (χ0v) is 17.7. The zero-order chi connectivity index (χ0) is 22.0. The number of primary amides is 1. The van der Waals surface area contributed by atoms with E-state index in [1.165, 1.54) is 0 Å². The van der Waals surface area contributed by atoms with E-state index < -0.39 is 18.0 Å². The summed E-state index contributed by atoms with van der Waals surface area (Å²) >= 11 is 5.49. The van der Waals surface area contributed by atoms with Crippen LogP contribution in [-0.4, -0.2) is 39.7 Å². The molecule has 0 aromatic heterocycles. The summed E-state index contributed by atoms with van der Waals surface area (Å²) in [6.07, 6.45) is 1.35. The minimum atomic E-state index is -0.655. The van der Waals surface area contributed by atoms with Crippen LogP contribution in [0.25, 0.3) is 0 Å². The van der Waals surface area contributed by atoms with Crippen molar-refractivity contribution in [3.8, 4) is 0 Å². The van der Waals surface area contributed by atoms with Crippen molar-refractivity contribution in [3.63, 3.8) is 0 Å². The number of aliphatic hydroxyl groups is 1. The van der Waals surface area contributed by atoms with Gasteiger partial charge in [-0.1, -0.05) is 38.2 Å². The lowest BCUT2D eigenvalue weighted by molar-refractivity contribution is -0.123. The Hall–Kier alpha value is -2.36. The van der Waals surface area contributed by atoms with E-state index in [9.17, 15) is 9.59 Å². The van der Waals surface area contributed by atoms with Crippen molar-refractivity contribution in [3.05, 3.63) is 29.8 Å². The van der Waals surface area contributed by atoms with Crippen molar-refractivity contribution >= 4 is 40.4 Å². The van der Waals surface area contributed by atoms with Gasteiger partial charge in [0, 0.05) is 11.4 Å². The van der Waals surface area contributed by atoms with Crippen LogP contribution in [0.15, 0.2) is 24.3 Å². The maximum absolute atomic E-state index is 12.4. The molecule has 0 spiro atoms. The van der Waals surface area contributed by atoms with Crippen molar-refractivity contribution in [1.82, 2.24) is 5.32 Å². The lowest BCUT2D eigenvalue weighted by atomic mass is 10.0. The second kappa shape index (κ2) is 12.3. The largest absolute Gasteiger partial charge is 0.392 e. The molecule has 1 aromatic carbocycles. The van der Waals surface area contributed by atoms with Crippen LogP contribution in [-0.2, 0) is 16.2 Å². The average Bonchev–Trinajstić information content (AvgIpc) is 2.66. The summed E-state index contributed by atoms with van der Waals surface area (Å²) in [6.45, 7) is 3.68. The number of nitrogens with two attached hydrogens (primary N) is 2. The Morgan fingerprint density at radius 1 is 1.24 bits per heavy atom. The number of thiocarbonyl (C=S) groups is 1. The topological polar surface area (TPSA) is 154 Å². The van der Waals surface area contributed by atoms with Gasteiger partial charge in [-0.3, -0.25) is 9.59 Å². The fourth-order valence-corrected chi connectivity index (χ4v) is 2.88. The number of amides is 2. The number of anilines is 1. The van der Waals surface area contributed by atoms with Gasteiger partial charge in [0.15, 0.2) is 0 Å². The number of carbonyl (C=O) groups is 2. The summed E-state index contributed by atoms with van der Waals surface area (Å²) in [5.74, 6) is -0.852. The highest BCUT2D eigenvalue weighted by molar-refractivity contribution is 7.80. The smallest absolute Gasteiger partial charge is 0.237 e. The van der Waals surface area contributed by atoms with Crippen LogP contribution in [0.3, 0.4) is 0 Å². The van der Waals surface area contributed by atoms with Gasteiger partial charge >= 0.3 is 0 Å². The molecule has 160 valence electrons. The van der Waals surface area contributed by atoms with Gasteiger partial charge < -0.3 is 32.6 Å². The number of nitrogens with one attached hydrogen (secondary N) is 3. The van der Waals surface area contributed by atoms with Crippen LogP contribution in [0.4, 0.5) is 5.69 Å². The molecule has 29 heavy (non-hydrogen) atoms. The Bertz CT molecular complexity index is 721. The van der Waals surface area contributed by atoms with E-state index in [-0.39, 0.29) is 30.6 Å². The number of benzene rings is 1. The molecule has 0 aliphatic heterocycles. The van der Waals surface area contributed by atoms with Gasteiger partial charge in [0.1, 0.15) is 4.99 Å². The lowest BCUT2D eigenvalue weighted by Gasteiger charge is -2.24. The maximum Gasteiger partial charge on any atom is 0.237 e. The van der Waals surface area contributed by atoms with Gasteiger partial charge in [-0.15, -0.1) is 0 Å². The van der Waals surface area contributed by atoms with Crippen LogP contribution in [0, 0.1) is 11.3 Å². The van der Waals surface area contributed by atoms with Crippen LogP contribution < -0.4 is 22.1 Å². The van der Waals surface area contributed by atoms with E-state index in [0.717, 1.165) is 11.3 Å². The molecule has 0 heterocycles. The number of aliphatic hydroxyl groups excluding tert-OH is 1. The van der Waals surface area contributed by atoms with Crippen LogP contribution in [0.1, 0.15) is 45.1 Å². The van der Waals surface area contributed by atoms with Gasteiger partial charge in [0.05, 0.1) is 25.1 Å². The molecular weight excluding hydrogens is 390 g/mol. The molecule has 0 aliphatic rings. The Kier molecular flexibility index (Phi) is 10.4. The minimum Gasteiger partial charge on any atom is -0.392 e. The van der Waals surface area contributed by atoms with Crippen LogP contribution in [0.5, 0.6) is 0 Å². The third kappa shape index (κ3) is 9.12. The first-order valence-corrected chi connectivity index (χ1v) is 9.96. The molecule has 0 aliphatic carbocycles. The molecule has 0 fully saturated rings. The number of hydrogen-bond acceptors (Lipinski definition) is 6. The highest BCUT2D eigenvalue weighted by Gasteiger charge is 2.23. The molecule has 8 N–H and O–H groups in total. The van der Waals surface area contributed by atoms with E-state index >= 15 is 0 Å². The molecule has 8 nitrogen and oxygen atoms in total. The first-order chi connectivity index (χ1) is 13.6. The van der Waals surface area contributed by atoms with E-state index in [0.29, 0.717) is 24.3 Å². The molecule has 1 rings (SSSR count). The van der Waals surface area contributed by atoms with Gasteiger partial charge in [-0.25, -0.2) is 0 Å². The number of carbonyl (C=O) groups excluding carboxylic acids is 2. The summed E-state index contributed by atoms with van der Waals surface area (Å²) in [6, 6.07) is 6.01. The number of hydrogen-bond donors (Lipinski definition) is 6. The summed E-state index contributed by atoms with van der Waals surface area (Å²) < 4.78 is 0. The van der Waals surface area contributed by atoms with Crippen molar-refractivity contribution in [2.75, 3.05) is 5.32 Å². The fourth-order valence-electron chi connectivity index (χ4n) is 2.58. The highest BCUT2D eigenvalue weighted by atomic mass is 32.1. The molecular formula is C20H31N5O3S. The standard InChI is InChI=1S/C20H31N5O3S/c1-12(2)18(23)19(28)25-16(5-3-4-14(21)10-17(22)27)20(29)24-15-8-6-13(11-26)7-9-15/h6-9,12,16,18,21,26H,3-5,10-11,23H2,1-2H3,(H2,22,27)(H,24,29)(H,25,28)/t16-,18-/m0/s1. The van der Waals surface area contributed by atoms with Crippen molar-refractivity contribution in [1.29, 1.82) is 5.41 Å². The second-order valence-electron chi connectivity index (χ2n) is 7.31. The number of rotatable bonds is 12. The predicted octanol–water partition coefficient (Wildman–Crippen LogP) is 1.45. The molecule has 0 unspecified atom stereocenters. The van der Waals surface area contributed by atoms with E-state index in [2.05, 4.69) is 10.6 Å². The maximum atomic E-state index is 12.4. The van der Waals surface area contributed by atoms with Gasteiger partial charge in [-0.2, -0.15) is 0 Å². The monoisotopic (exact) mass is 421 g/mol. The zero-order valence-electron chi connectivity index (χ0n) is 16.9. The summed E-state index contributed by atoms with van der Waals surface area (Å²) in [7, 11) is 0. The fraction of sp³-hybridized carbons (Fsp3) is 0.500. The Morgan fingerprint density at radius 2 is 1.86 bits per heavy atom. The first-order valence-electron chi connectivity index (χ1n) is 9.55. The molecule has 2 atom stereocenters. The summed E-state index contributed by atoms with van der Waals surface area (Å²) in [5, 5.41) is 22.9. The molecule has 0 saturated carbocycles. The van der Waals surface area contributed by atoms with E-state index in [1.807, 2.05) is 13.8 Å². The Balaban J connectivity index is 2.78. The first kappa shape index (κ1) is 24.7. The van der Waals surface area contributed by atoms with Crippen molar-refractivity contribution < 1.29 is 14.7 Å². The Morgan fingerprint density at radius 3 is 2.38 bits per heavy atom. The summed E-state index contributed by atoms with van der Waals surface area (Å²) in [5.41, 5.74) is 12.8. The molecule has 0 radical (unpaired) electrons. The van der Waals surface area contributed by atoms with Gasteiger partial charge in [-0.05, 0) is 42.9 Å². The predicted molar refractivity (Wildman–Crippen MR) is 119 cm³/mol. The summed E-state index contributed by atoms with van der Waals surface area (Å²) in [4.78, 5) is 23.8. The normalized spacial score (nSPS) is 12.9. The van der Waals surface area contributed by atoms with Gasteiger partial charge in [0.25, 0.3) is 0 Å². The molecule has 0 bridgehead atoms. The molecule has 9 heteroatoms. The minimum absolute atomic E-state index is 0.0213. The van der Waals surface area contributed by atoms with Crippen molar-refractivity contribution in [2.45, 2.75) is 58.2 Å². The van der Waals surface area contributed by atoms with Gasteiger partial charge in [0.2, 0.25) is 11.8 Å². The third-order valence-electron chi connectivity index (χ3n) is 4.42. The Labute approximate surface area is 176 Å². The lowest BCUT2D eigenvalue weighted by Crippen LogP contribution is -2.51. The van der Waals surface area contributed by atoms with Crippen molar-refractivity contribution in [2.24, 2.45) is 17.4 Å². The highest BCUT2D eigenvalue weighted by Crippen LogP contribution is 2.13. The van der Waals surface area contributed by atoms with Crippen LogP contribution in [0.2, 0.25) is 0 Å². The average molecular weight is 422 g/mol. The third-order valence-corrected chi connectivity index (χ3v) is 4.80. The molecule has 2 amide bonds. The SMILES string of the molecule is CC(C)[C@H](N)C(=O)N[C@@H](CCCC(=N)CC(N)=O)C(=S)Nc1ccc(CO)cc1. The van der Waals surface area contributed by atoms with E-state index in [1.54, 1.807) is 24.3 Å².